The van der Waals surface area contributed by atoms with Crippen LogP contribution >= 0.6 is 0 Å². The van der Waals surface area contributed by atoms with Crippen LogP contribution < -0.4 is 4.31 Å². The van der Waals surface area contributed by atoms with Gasteiger partial charge in [0.2, 0.25) is 10.0 Å². The predicted octanol–water partition coefficient (Wildman–Crippen LogP) is 4.59. The van der Waals surface area contributed by atoms with Gasteiger partial charge >= 0.3 is 0 Å². The molecule has 2 heterocycles. The zero-order valence-corrected chi connectivity index (χ0v) is 18.1. The molecule has 1 aliphatic heterocycles. The summed E-state index contributed by atoms with van der Waals surface area (Å²) < 4.78 is 31.9. The summed E-state index contributed by atoms with van der Waals surface area (Å²) in [5.74, 6) is 0.746. The average molecular weight is 427 g/mol. The van der Waals surface area contributed by atoms with Crippen LogP contribution in [0, 0.1) is 0 Å². The molecule has 0 aliphatic carbocycles. The van der Waals surface area contributed by atoms with Gasteiger partial charge in [-0.3, -0.25) is 9.10 Å². The predicted molar refractivity (Wildman–Crippen MR) is 118 cm³/mol. The van der Waals surface area contributed by atoms with Crippen molar-refractivity contribution < 1.29 is 17.6 Å². The number of anilines is 1. The molecule has 1 unspecified atom stereocenters. The topological polar surface area (TPSA) is 70.8 Å². The highest BCUT2D eigenvalue weighted by Gasteiger charge is 2.30. The van der Waals surface area contributed by atoms with E-state index in [0.29, 0.717) is 30.8 Å². The van der Waals surface area contributed by atoms with Crippen LogP contribution in [0.5, 0.6) is 0 Å². The number of carbonyl (C=O) groups excluding carboxylic acids is 1. The lowest BCUT2D eigenvalue weighted by atomic mass is 10.1. The van der Waals surface area contributed by atoms with Gasteiger partial charge in [-0.25, -0.2) is 8.42 Å². The second kappa shape index (κ2) is 8.14. The number of furan rings is 1. The molecule has 158 valence electrons. The van der Waals surface area contributed by atoms with Crippen molar-refractivity contribution in [3.05, 3.63) is 65.9 Å². The minimum Gasteiger partial charge on any atom is -0.459 e. The van der Waals surface area contributed by atoms with E-state index in [1.807, 2.05) is 44.2 Å². The molecule has 4 rings (SSSR count). The molecule has 0 spiro atoms. The first-order valence-electron chi connectivity index (χ1n) is 10.3. The number of hydrogen-bond acceptors (Lipinski definition) is 4. The minimum absolute atomic E-state index is 0.136. The Kier molecular flexibility index (Phi) is 5.56. The van der Waals surface area contributed by atoms with Gasteiger partial charge in [-0.15, -0.1) is 0 Å². The number of para-hydroxylation sites is 1. The molecule has 1 aliphatic rings. The zero-order chi connectivity index (χ0) is 21.3. The average Bonchev–Trinajstić information content (AvgIpc) is 3.33. The van der Waals surface area contributed by atoms with E-state index in [0.717, 1.165) is 23.2 Å². The highest BCUT2D eigenvalue weighted by molar-refractivity contribution is 7.93. The van der Waals surface area contributed by atoms with Crippen LogP contribution in [-0.4, -0.2) is 38.1 Å². The van der Waals surface area contributed by atoms with E-state index >= 15 is 0 Å². The molecule has 3 aromatic rings. The van der Waals surface area contributed by atoms with Crippen molar-refractivity contribution in [1.29, 1.82) is 0 Å². The Morgan fingerprint density at radius 2 is 1.97 bits per heavy atom. The van der Waals surface area contributed by atoms with E-state index in [4.69, 9.17) is 4.42 Å². The van der Waals surface area contributed by atoms with Crippen molar-refractivity contribution in [1.82, 2.24) is 4.90 Å². The van der Waals surface area contributed by atoms with E-state index in [2.05, 4.69) is 0 Å². The number of rotatable bonds is 6. The van der Waals surface area contributed by atoms with E-state index < -0.39 is 10.0 Å². The van der Waals surface area contributed by atoms with Crippen molar-refractivity contribution in [3.63, 3.8) is 0 Å². The first-order valence-corrected chi connectivity index (χ1v) is 11.9. The maximum atomic E-state index is 13.4. The molecule has 0 radical (unpaired) electrons. The summed E-state index contributed by atoms with van der Waals surface area (Å²) in [5.41, 5.74) is 1.82. The van der Waals surface area contributed by atoms with Crippen LogP contribution in [0.1, 0.15) is 48.8 Å². The van der Waals surface area contributed by atoms with Crippen LogP contribution in [0.15, 0.2) is 59.0 Å². The Hall–Kier alpha value is -2.80. The summed E-state index contributed by atoms with van der Waals surface area (Å²) in [6, 6.07) is 16.4. The summed E-state index contributed by atoms with van der Waals surface area (Å²) in [6.45, 7) is 5.01. The number of hydrogen-bond donors (Lipinski definition) is 0. The maximum absolute atomic E-state index is 13.4. The van der Waals surface area contributed by atoms with Gasteiger partial charge < -0.3 is 9.32 Å². The molecule has 6 nitrogen and oxygen atoms in total. The first kappa shape index (κ1) is 20.5. The molecule has 0 bridgehead atoms. The number of benzene rings is 2. The first-order chi connectivity index (χ1) is 14.4. The third-order valence-corrected chi connectivity index (χ3v) is 7.40. The fraction of sp³-hybridized carbons (Fsp3) is 0.348. The van der Waals surface area contributed by atoms with Gasteiger partial charge in [0, 0.05) is 24.0 Å². The van der Waals surface area contributed by atoms with Gasteiger partial charge in [0.15, 0.2) is 0 Å². The van der Waals surface area contributed by atoms with Crippen LogP contribution in [0.2, 0.25) is 0 Å². The summed E-state index contributed by atoms with van der Waals surface area (Å²) in [4.78, 5) is 15.2. The summed E-state index contributed by atoms with van der Waals surface area (Å²) in [5, 5.41) is 1.00. The molecule has 1 aromatic heterocycles. The molecule has 7 heteroatoms. The summed E-state index contributed by atoms with van der Waals surface area (Å²) in [7, 11) is -3.29. The lowest BCUT2D eigenvalue weighted by Gasteiger charge is -2.28. The smallest absolute Gasteiger partial charge is 0.254 e. The molecule has 0 N–H and O–H groups in total. The van der Waals surface area contributed by atoms with Gasteiger partial charge in [0.25, 0.3) is 5.91 Å². The summed E-state index contributed by atoms with van der Waals surface area (Å²) in [6.07, 6.45) is 1.40. The quantitative estimate of drug-likeness (QED) is 0.578. The van der Waals surface area contributed by atoms with Gasteiger partial charge in [-0.1, -0.05) is 31.2 Å². The number of carbonyl (C=O) groups is 1. The second-order valence-electron chi connectivity index (χ2n) is 7.65. The largest absolute Gasteiger partial charge is 0.459 e. The molecule has 30 heavy (non-hydrogen) atoms. The lowest BCUT2D eigenvalue weighted by molar-refractivity contribution is 0.0672. The van der Waals surface area contributed by atoms with E-state index in [1.54, 1.807) is 29.2 Å². The standard InChI is InChI=1S/C23H26N2O4S/c1-3-12-24(17(2)22-16-18-8-4-5-11-21(18)29-22)23(26)19-9-6-10-20(15-19)25-13-7-14-30(25,27)28/h4-6,8-11,15-17H,3,7,12-14H2,1-2H3. The summed E-state index contributed by atoms with van der Waals surface area (Å²) >= 11 is 0. The fourth-order valence-corrected chi connectivity index (χ4v) is 5.52. The van der Waals surface area contributed by atoms with Crippen LogP contribution in [0.4, 0.5) is 5.69 Å². The maximum Gasteiger partial charge on any atom is 0.254 e. The van der Waals surface area contributed by atoms with Crippen LogP contribution in [0.3, 0.4) is 0 Å². The number of fused-ring (bicyclic) bond motifs is 1. The van der Waals surface area contributed by atoms with Crippen molar-refractivity contribution in [2.45, 2.75) is 32.7 Å². The molecule has 1 amide bonds. The Labute approximate surface area is 177 Å². The molecule has 2 aromatic carbocycles. The van der Waals surface area contributed by atoms with Crippen molar-refractivity contribution in [2.75, 3.05) is 23.1 Å². The minimum atomic E-state index is -3.29. The molecule has 1 atom stereocenters. The van der Waals surface area contributed by atoms with E-state index in [1.165, 1.54) is 4.31 Å². The lowest BCUT2D eigenvalue weighted by Crippen LogP contribution is -2.34. The van der Waals surface area contributed by atoms with Crippen LogP contribution in [-0.2, 0) is 10.0 Å². The fourth-order valence-electron chi connectivity index (χ4n) is 3.96. The zero-order valence-electron chi connectivity index (χ0n) is 17.2. The van der Waals surface area contributed by atoms with E-state index in [-0.39, 0.29) is 17.7 Å². The number of sulfonamides is 1. The normalized spacial score (nSPS) is 16.7. The van der Waals surface area contributed by atoms with Crippen LogP contribution in [0.25, 0.3) is 11.0 Å². The Morgan fingerprint density at radius 1 is 1.17 bits per heavy atom. The Bertz CT molecular complexity index is 1140. The van der Waals surface area contributed by atoms with Crippen molar-refractivity contribution in [2.24, 2.45) is 0 Å². The van der Waals surface area contributed by atoms with Gasteiger partial charge in [0.1, 0.15) is 11.3 Å². The second-order valence-corrected chi connectivity index (χ2v) is 9.67. The third-order valence-electron chi connectivity index (χ3n) is 5.53. The molecule has 1 fully saturated rings. The van der Waals surface area contributed by atoms with Gasteiger partial charge in [0.05, 0.1) is 17.5 Å². The Balaban J connectivity index is 1.64. The SMILES string of the molecule is CCCN(C(=O)c1cccc(N2CCCS2(=O)=O)c1)C(C)c1cc2ccccc2o1. The molecular formula is C23H26N2O4S. The molecular weight excluding hydrogens is 400 g/mol. The van der Waals surface area contributed by atoms with Crippen molar-refractivity contribution in [3.8, 4) is 0 Å². The molecule has 1 saturated heterocycles. The van der Waals surface area contributed by atoms with Gasteiger partial charge in [-0.05, 0) is 50.1 Å². The Morgan fingerprint density at radius 3 is 2.67 bits per heavy atom. The molecule has 0 saturated carbocycles. The number of amides is 1. The van der Waals surface area contributed by atoms with E-state index in [9.17, 15) is 13.2 Å². The highest BCUT2D eigenvalue weighted by Crippen LogP contribution is 2.30. The highest BCUT2D eigenvalue weighted by atomic mass is 32.2. The monoisotopic (exact) mass is 426 g/mol. The third kappa shape index (κ3) is 3.81. The van der Waals surface area contributed by atoms with Crippen molar-refractivity contribution >= 4 is 32.6 Å². The number of nitrogens with zero attached hydrogens (tertiary/aromatic N) is 2. The van der Waals surface area contributed by atoms with Gasteiger partial charge in [-0.2, -0.15) is 0 Å².